The van der Waals surface area contributed by atoms with Crippen molar-refractivity contribution in [2.45, 2.75) is 53.0 Å². The molecular weight excluding hydrogens is 306 g/mol. The first-order chi connectivity index (χ1) is 10.5. The Balaban J connectivity index is 1.99. The molecule has 0 aromatic heterocycles. The molecule has 2 rings (SSSR count). The van der Waals surface area contributed by atoms with Gasteiger partial charge in [-0.05, 0) is 23.7 Å². The number of carboxylic acids is 1. The van der Waals surface area contributed by atoms with Crippen LogP contribution in [0.2, 0.25) is 0 Å². The fourth-order valence-electron chi connectivity index (χ4n) is 4.26. The maximum absolute atomic E-state index is 12.7. The van der Waals surface area contributed by atoms with Crippen LogP contribution >= 0.6 is 0 Å². The van der Waals surface area contributed by atoms with Gasteiger partial charge in [-0.3, -0.25) is 14.5 Å². The number of likely N-dealkylation sites (tertiary alicyclic amines) is 1. The predicted octanol–water partition coefficient (Wildman–Crippen LogP) is 1.97. The molecule has 1 saturated carbocycles. The smallest absolute Gasteiger partial charge is 0.320 e. The van der Waals surface area contributed by atoms with Crippen LogP contribution in [0.15, 0.2) is 0 Å². The summed E-state index contributed by atoms with van der Waals surface area (Å²) in [5, 5.41) is 12.5. The number of halogens is 2. The SMILES string of the molecule is CC1(C)C(C)(C)C1(C(=O)O)C(=O)NC1CCN(CC(F)F)CC1. The number of carbonyl (C=O) groups excluding carboxylic acids is 1. The average Bonchev–Trinajstić information content (AvgIpc) is 2.77. The molecule has 5 nitrogen and oxygen atoms in total. The van der Waals surface area contributed by atoms with E-state index >= 15 is 0 Å². The van der Waals surface area contributed by atoms with Crippen LogP contribution in [0, 0.1) is 16.2 Å². The fourth-order valence-corrected chi connectivity index (χ4v) is 4.26. The molecule has 0 aromatic carbocycles. The van der Waals surface area contributed by atoms with Gasteiger partial charge >= 0.3 is 5.97 Å². The van der Waals surface area contributed by atoms with Crippen LogP contribution in [0.4, 0.5) is 8.78 Å². The molecule has 0 aromatic rings. The van der Waals surface area contributed by atoms with Crippen molar-refractivity contribution in [3.63, 3.8) is 0 Å². The summed E-state index contributed by atoms with van der Waals surface area (Å²) in [4.78, 5) is 26.2. The van der Waals surface area contributed by atoms with Crippen molar-refractivity contribution >= 4 is 11.9 Å². The molecule has 1 aliphatic carbocycles. The van der Waals surface area contributed by atoms with E-state index in [2.05, 4.69) is 5.32 Å². The van der Waals surface area contributed by atoms with Gasteiger partial charge in [0.1, 0.15) is 0 Å². The third-order valence-corrected chi connectivity index (χ3v) is 6.36. The molecule has 0 atom stereocenters. The van der Waals surface area contributed by atoms with Gasteiger partial charge in [0, 0.05) is 19.1 Å². The standard InChI is InChI=1S/C16H26F2N2O3/c1-14(2)15(3,4)16(14,13(22)23)12(21)19-10-5-7-20(8-6-10)9-11(17)18/h10-11H,5-9H2,1-4H3,(H,19,21)(H,22,23). The van der Waals surface area contributed by atoms with E-state index < -0.39 is 34.5 Å². The first-order valence-electron chi connectivity index (χ1n) is 8.03. The molecule has 1 saturated heterocycles. The highest BCUT2D eigenvalue weighted by Gasteiger charge is 2.85. The number of hydrogen-bond donors (Lipinski definition) is 2. The van der Waals surface area contributed by atoms with Gasteiger partial charge in [0.2, 0.25) is 5.91 Å². The van der Waals surface area contributed by atoms with Crippen LogP contribution in [0.25, 0.3) is 0 Å². The number of carboxylic acid groups (broad SMARTS) is 1. The molecular formula is C16H26F2N2O3. The van der Waals surface area contributed by atoms with E-state index in [9.17, 15) is 23.5 Å². The fraction of sp³-hybridized carbons (Fsp3) is 0.875. The zero-order chi connectivity index (χ0) is 17.6. The number of nitrogens with one attached hydrogen (secondary N) is 1. The van der Waals surface area contributed by atoms with Crippen LogP contribution < -0.4 is 5.32 Å². The Hall–Kier alpha value is -1.24. The molecule has 1 aliphatic heterocycles. The van der Waals surface area contributed by atoms with E-state index in [0.29, 0.717) is 25.9 Å². The number of piperidine rings is 1. The van der Waals surface area contributed by atoms with E-state index in [0.717, 1.165) is 0 Å². The van der Waals surface area contributed by atoms with Crippen molar-refractivity contribution < 1.29 is 23.5 Å². The number of hydrogen-bond acceptors (Lipinski definition) is 3. The van der Waals surface area contributed by atoms with Crippen LogP contribution in [-0.2, 0) is 9.59 Å². The monoisotopic (exact) mass is 332 g/mol. The van der Waals surface area contributed by atoms with Gasteiger partial charge in [0.15, 0.2) is 5.41 Å². The molecule has 1 amide bonds. The minimum atomic E-state index is -2.36. The predicted molar refractivity (Wildman–Crippen MR) is 81.2 cm³/mol. The van der Waals surface area contributed by atoms with E-state index in [4.69, 9.17) is 0 Å². The zero-order valence-electron chi connectivity index (χ0n) is 14.2. The normalized spacial score (nSPS) is 26.0. The molecule has 2 aliphatic rings. The molecule has 1 heterocycles. The lowest BCUT2D eigenvalue weighted by molar-refractivity contribution is -0.152. The average molecular weight is 332 g/mol. The number of alkyl halides is 2. The maximum Gasteiger partial charge on any atom is 0.320 e. The Morgan fingerprint density at radius 2 is 1.65 bits per heavy atom. The first-order valence-corrected chi connectivity index (χ1v) is 8.03. The van der Waals surface area contributed by atoms with Crippen molar-refractivity contribution in [3.05, 3.63) is 0 Å². The number of amides is 1. The topological polar surface area (TPSA) is 69.6 Å². The molecule has 0 unspecified atom stereocenters. The molecule has 0 radical (unpaired) electrons. The van der Waals surface area contributed by atoms with E-state index in [1.165, 1.54) is 0 Å². The van der Waals surface area contributed by atoms with Crippen molar-refractivity contribution in [1.82, 2.24) is 10.2 Å². The van der Waals surface area contributed by atoms with Gasteiger partial charge in [-0.15, -0.1) is 0 Å². The molecule has 2 fully saturated rings. The molecule has 2 N–H and O–H groups in total. The zero-order valence-corrected chi connectivity index (χ0v) is 14.2. The third-order valence-electron chi connectivity index (χ3n) is 6.36. The van der Waals surface area contributed by atoms with Gasteiger partial charge in [-0.25, -0.2) is 8.78 Å². The van der Waals surface area contributed by atoms with Gasteiger partial charge in [0.25, 0.3) is 6.43 Å². The summed E-state index contributed by atoms with van der Waals surface area (Å²) in [5.74, 6) is -1.55. The quantitative estimate of drug-likeness (QED) is 0.755. The Morgan fingerprint density at radius 3 is 2.00 bits per heavy atom. The number of nitrogens with zero attached hydrogens (tertiary/aromatic N) is 1. The summed E-state index contributed by atoms with van der Waals surface area (Å²) < 4.78 is 24.7. The number of rotatable bonds is 5. The Morgan fingerprint density at radius 1 is 1.17 bits per heavy atom. The Kier molecular flexibility index (Phi) is 4.47. The maximum atomic E-state index is 12.7. The van der Waals surface area contributed by atoms with Crippen LogP contribution in [0.5, 0.6) is 0 Å². The van der Waals surface area contributed by atoms with Crippen molar-refractivity contribution in [1.29, 1.82) is 0 Å². The second kappa shape index (κ2) is 5.69. The lowest BCUT2D eigenvalue weighted by Crippen LogP contribution is -2.50. The molecule has 23 heavy (non-hydrogen) atoms. The van der Waals surface area contributed by atoms with Gasteiger partial charge in [0.05, 0.1) is 6.54 Å². The van der Waals surface area contributed by atoms with E-state index in [-0.39, 0.29) is 12.6 Å². The Labute approximate surface area is 135 Å². The van der Waals surface area contributed by atoms with Crippen LogP contribution in [0.3, 0.4) is 0 Å². The highest BCUT2D eigenvalue weighted by Crippen LogP contribution is 2.77. The van der Waals surface area contributed by atoms with Crippen LogP contribution in [0.1, 0.15) is 40.5 Å². The second-order valence-electron chi connectivity index (χ2n) is 7.74. The molecule has 132 valence electrons. The lowest BCUT2D eigenvalue weighted by atomic mass is 9.92. The van der Waals surface area contributed by atoms with Gasteiger partial charge in [-0.2, -0.15) is 0 Å². The largest absolute Gasteiger partial charge is 0.480 e. The highest BCUT2D eigenvalue weighted by atomic mass is 19.3. The van der Waals surface area contributed by atoms with E-state index in [1.807, 2.05) is 0 Å². The molecule has 0 spiro atoms. The van der Waals surface area contributed by atoms with Gasteiger partial charge in [-0.1, -0.05) is 27.7 Å². The molecule has 7 heteroatoms. The summed E-state index contributed by atoms with van der Waals surface area (Å²) in [6.45, 7) is 7.92. The lowest BCUT2D eigenvalue weighted by Gasteiger charge is -2.33. The summed E-state index contributed by atoms with van der Waals surface area (Å²) >= 11 is 0. The van der Waals surface area contributed by atoms with Crippen molar-refractivity contribution in [2.75, 3.05) is 19.6 Å². The van der Waals surface area contributed by atoms with Crippen LogP contribution in [-0.4, -0.2) is 54.0 Å². The van der Waals surface area contributed by atoms with Crippen molar-refractivity contribution in [3.8, 4) is 0 Å². The minimum Gasteiger partial charge on any atom is -0.480 e. The highest BCUT2D eigenvalue weighted by molar-refractivity contribution is 6.08. The summed E-state index contributed by atoms with van der Waals surface area (Å²) in [7, 11) is 0. The van der Waals surface area contributed by atoms with Gasteiger partial charge < -0.3 is 10.4 Å². The second-order valence-corrected chi connectivity index (χ2v) is 7.74. The minimum absolute atomic E-state index is 0.153. The molecule has 0 bridgehead atoms. The Bertz CT molecular complexity index is 484. The summed E-state index contributed by atoms with van der Waals surface area (Å²) in [6, 6.07) is -0.153. The first kappa shape index (κ1) is 18.1. The van der Waals surface area contributed by atoms with E-state index in [1.54, 1.807) is 32.6 Å². The summed E-state index contributed by atoms with van der Waals surface area (Å²) in [5.41, 5.74) is -2.70. The number of aliphatic carboxylic acids is 1. The third kappa shape index (κ3) is 2.53. The summed E-state index contributed by atoms with van der Waals surface area (Å²) in [6.07, 6.45) is -1.23. The van der Waals surface area contributed by atoms with Crippen molar-refractivity contribution in [2.24, 2.45) is 16.2 Å². The number of carbonyl (C=O) groups is 2.